The SMILES string of the molecule is CSCC1CN(/[N+]([O-])=C/c2ccc([N+](=O)[O-])o2)C(=O)O1. The molecular weight excluding hydrogens is 290 g/mol. The minimum Gasteiger partial charge on any atom is -0.596 e. The first-order valence-corrected chi connectivity index (χ1v) is 6.93. The summed E-state index contributed by atoms with van der Waals surface area (Å²) in [6, 6.07) is 2.39. The summed E-state index contributed by atoms with van der Waals surface area (Å²) in [5, 5.41) is 23.1. The van der Waals surface area contributed by atoms with E-state index in [1.54, 1.807) is 0 Å². The van der Waals surface area contributed by atoms with Crippen LogP contribution in [0.1, 0.15) is 5.76 Å². The van der Waals surface area contributed by atoms with Gasteiger partial charge in [-0.05, 0) is 12.3 Å². The number of amides is 1. The van der Waals surface area contributed by atoms with Crippen molar-refractivity contribution in [3.8, 4) is 0 Å². The van der Waals surface area contributed by atoms with Gasteiger partial charge in [0.05, 0.1) is 6.07 Å². The highest BCUT2D eigenvalue weighted by atomic mass is 32.2. The van der Waals surface area contributed by atoms with Crippen LogP contribution in [-0.2, 0) is 4.74 Å². The van der Waals surface area contributed by atoms with Crippen LogP contribution in [0.2, 0.25) is 0 Å². The van der Waals surface area contributed by atoms with Gasteiger partial charge in [-0.3, -0.25) is 10.1 Å². The molecular formula is C10H11N3O6S. The topological polar surface area (TPSA) is 112 Å². The Morgan fingerprint density at radius 2 is 2.30 bits per heavy atom. The van der Waals surface area contributed by atoms with Crippen LogP contribution in [0.4, 0.5) is 10.7 Å². The monoisotopic (exact) mass is 301 g/mol. The van der Waals surface area contributed by atoms with Crippen molar-refractivity contribution in [2.75, 3.05) is 18.6 Å². The largest absolute Gasteiger partial charge is 0.596 e. The molecule has 0 aromatic carbocycles. The zero-order valence-corrected chi connectivity index (χ0v) is 11.2. The maximum Gasteiger partial charge on any atom is 0.464 e. The van der Waals surface area contributed by atoms with Crippen molar-refractivity contribution in [3.63, 3.8) is 0 Å². The molecule has 1 atom stereocenters. The summed E-state index contributed by atoms with van der Waals surface area (Å²) < 4.78 is 9.79. The third kappa shape index (κ3) is 3.02. The first-order valence-electron chi connectivity index (χ1n) is 5.53. The third-order valence-corrected chi connectivity index (χ3v) is 3.18. The molecule has 0 N–H and O–H groups in total. The molecule has 0 bridgehead atoms. The molecule has 2 heterocycles. The van der Waals surface area contributed by atoms with Crippen molar-refractivity contribution in [2.45, 2.75) is 6.10 Å². The Morgan fingerprint density at radius 1 is 1.55 bits per heavy atom. The number of carbonyl (C=O) groups excluding carboxylic acids is 1. The van der Waals surface area contributed by atoms with Crippen LogP contribution in [0.15, 0.2) is 16.5 Å². The van der Waals surface area contributed by atoms with Crippen LogP contribution in [0, 0.1) is 15.3 Å². The first kappa shape index (κ1) is 14.2. The zero-order valence-electron chi connectivity index (χ0n) is 10.4. The zero-order chi connectivity index (χ0) is 14.7. The van der Waals surface area contributed by atoms with Crippen LogP contribution in [0.25, 0.3) is 0 Å². The van der Waals surface area contributed by atoms with Gasteiger partial charge in [0.25, 0.3) is 0 Å². The van der Waals surface area contributed by atoms with Crippen LogP contribution >= 0.6 is 11.8 Å². The van der Waals surface area contributed by atoms with Gasteiger partial charge in [-0.25, -0.2) is 4.79 Å². The Labute approximate surface area is 117 Å². The van der Waals surface area contributed by atoms with E-state index >= 15 is 0 Å². The molecule has 20 heavy (non-hydrogen) atoms. The summed E-state index contributed by atoms with van der Waals surface area (Å²) in [7, 11) is 0. The van der Waals surface area contributed by atoms with Gasteiger partial charge in [-0.2, -0.15) is 11.8 Å². The smallest absolute Gasteiger partial charge is 0.464 e. The molecule has 0 radical (unpaired) electrons. The summed E-state index contributed by atoms with van der Waals surface area (Å²) >= 11 is 1.50. The van der Waals surface area contributed by atoms with Gasteiger partial charge in [0.2, 0.25) is 12.0 Å². The number of hydrogen-bond donors (Lipinski definition) is 0. The van der Waals surface area contributed by atoms with Crippen molar-refractivity contribution in [2.24, 2.45) is 0 Å². The number of carbonyl (C=O) groups is 1. The summed E-state index contributed by atoms with van der Waals surface area (Å²) in [6.07, 6.45) is 1.69. The second-order valence-electron chi connectivity index (χ2n) is 3.91. The highest BCUT2D eigenvalue weighted by Crippen LogP contribution is 2.16. The summed E-state index contributed by atoms with van der Waals surface area (Å²) in [6.45, 7) is 0.127. The van der Waals surface area contributed by atoms with Gasteiger partial charge < -0.3 is 14.4 Å². The molecule has 2 rings (SSSR count). The molecule has 1 saturated heterocycles. The fraction of sp³-hybridized carbons (Fsp3) is 0.400. The molecule has 9 nitrogen and oxygen atoms in total. The van der Waals surface area contributed by atoms with Gasteiger partial charge >= 0.3 is 12.0 Å². The Bertz CT molecular complexity index is 557. The highest BCUT2D eigenvalue weighted by molar-refractivity contribution is 7.98. The molecule has 1 unspecified atom stereocenters. The van der Waals surface area contributed by atoms with E-state index < -0.39 is 16.9 Å². The predicted octanol–water partition coefficient (Wildman–Crippen LogP) is 1.22. The average molecular weight is 301 g/mol. The van der Waals surface area contributed by atoms with Crippen molar-refractivity contribution >= 4 is 30.0 Å². The second kappa shape index (κ2) is 5.82. The number of nitro groups is 1. The molecule has 1 amide bonds. The van der Waals surface area contributed by atoms with Crippen molar-refractivity contribution in [3.05, 3.63) is 33.2 Å². The van der Waals surface area contributed by atoms with Crippen LogP contribution in [0.5, 0.6) is 0 Å². The predicted molar refractivity (Wildman–Crippen MR) is 69.5 cm³/mol. The van der Waals surface area contributed by atoms with E-state index in [0.717, 1.165) is 17.3 Å². The van der Waals surface area contributed by atoms with Crippen molar-refractivity contribution in [1.82, 2.24) is 5.01 Å². The summed E-state index contributed by atoms with van der Waals surface area (Å²) in [5.41, 5.74) is 0. The Morgan fingerprint density at radius 3 is 2.90 bits per heavy atom. The molecule has 1 fully saturated rings. The van der Waals surface area contributed by atoms with Gasteiger partial charge in [-0.1, -0.05) is 9.86 Å². The van der Waals surface area contributed by atoms with Crippen LogP contribution in [0.3, 0.4) is 0 Å². The molecule has 1 aromatic rings. The maximum atomic E-state index is 11.8. The Hall–Kier alpha value is -2.23. The van der Waals surface area contributed by atoms with Gasteiger partial charge in [-0.15, -0.1) is 0 Å². The molecule has 0 spiro atoms. The lowest BCUT2D eigenvalue weighted by Crippen LogP contribution is -2.33. The first-order chi connectivity index (χ1) is 9.51. The van der Waals surface area contributed by atoms with E-state index in [1.165, 1.54) is 17.8 Å². The number of rotatable bonds is 5. The number of hydrazine groups is 1. The van der Waals surface area contributed by atoms with Gasteiger partial charge in [0, 0.05) is 5.75 Å². The number of hydrogen-bond acceptors (Lipinski definition) is 7. The summed E-state index contributed by atoms with van der Waals surface area (Å²) in [5.74, 6) is 0.0872. The van der Waals surface area contributed by atoms with E-state index in [2.05, 4.69) is 0 Å². The minimum absolute atomic E-state index is 0.0205. The quantitative estimate of drug-likeness (QED) is 0.264. The number of cyclic esters (lactones) is 1. The fourth-order valence-corrected chi connectivity index (χ4v) is 2.18. The van der Waals surface area contributed by atoms with E-state index in [-0.39, 0.29) is 23.3 Å². The third-order valence-electron chi connectivity index (χ3n) is 2.48. The summed E-state index contributed by atoms with van der Waals surface area (Å²) in [4.78, 5) is 21.5. The van der Waals surface area contributed by atoms with E-state index in [9.17, 15) is 20.1 Å². The Kier molecular flexibility index (Phi) is 4.13. The molecule has 0 saturated carbocycles. The van der Waals surface area contributed by atoms with Gasteiger partial charge in [0.1, 0.15) is 17.6 Å². The van der Waals surface area contributed by atoms with E-state index in [4.69, 9.17) is 9.15 Å². The highest BCUT2D eigenvalue weighted by Gasteiger charge is 2.37. The number of nitrogens with zero attached hydrogens (tertiary/aromatic N) is 3. The maximum absolute atomic E-state index is 11.8. The van der Waals surface area contributed by atoms with E-state index in [0.29, 0.717) is 5.75 Å². The molecule has 0 aliphatic carbocycles. The molecule has 108 valence electrons. The lowest BCUT2D eigenvalue weighted by molar-refractivity contribution is -0.607. The number of furan rings is 1. The average Bonchev–Trinajstić information content (AvgIpc) is 2.97. The Balaban J connectivity index is 2.09. The lowest BCUT2D eigenvalue weighted by atomic mass is 10.4. The minimum atomic E-state index is -0.753. The number of thioether (sulfide) groups is 1. The van der Waals surface area contributed by atoms with Crippen molar-refractivity contribution < 1.29 is 23.7 Å². The van der Waals surface area contributed by atoms with Crippen LogP contribution in [-0.4, -0.2) is 51.7 Å². The van der Waals surface area contributed by atoms with Crippen molar-refractivity contribution in [1.29, 1.82) is 0 Å². The van der Waals surface area contributed by atoms with E-state index in [1.807, 2.05) is 6.26 Å². The lowest BCUT2D eigenvalue weighted by Gasteiger charge is -2.09. The normalized spacial score (nSPS) is 19.2. The van der Waals surface area contributed by atoms with Crippen LogP contribution < -0.4 is 0 Å². The molecule has 1 aromatic heterocycles. The molecule has 10 heteroatoms. The molecule has 1 aliphatic rings. The fourth-order valence-electron chi connectivity index (χ4n) is 1.63. The second-order valence-corrected chi connectivity index (χ2v) is 4.82. The van der Waals surface area contributed by atoms with Gasteiger partial charge in [0.15, 0.2) is 0 Å². The number of ether oxygens (including phenoxy) is 1. The molecule has 1 aliphatic heterocycles. The number of hydrazone groups is 1. The standard InChI is InChI=1S/C10H11N3O6S/c1-20-6-8-4-11(10(14)19-8)12(15)5-7-2-3-9(18-7)13(16)17/h2-3,5,8H,4,6H2,1H3/b12-5-.